The summed E-state index contributed by atoms with van der Waals surface area (Å²) in [6.07, 6.45) is 0.909. The summed E-state index contributed by atoms with van der Waals surface area (Å²) < 4.78 is 0. The molecule has 3 amide bonds. The van der Waals surface area contributed by atoms with Gasteiger partial charge in [0.1, 0.15) is 5.37 Å². The summed E-state index contributed by atoms with van der Waals surface area (Å²) in [5.74, 6) is 0.154. The second-order valence-electron chi connectivity index (χ2n) is 7.04. The minimum Gasteiger partial charge on any atom is -0.338 e. The molecule has 144 valence electrons. The highest BCUT2D eigenvalue weighted by molar-refractivity contribution is 8.01. The SMILES string of the molecule is CCCNC(=O)N(CCN1C(=O)[C@H](C)S[C@@H]1c1ccccc1C)C(C)C. The molecule has 1 aliphatic heterocycles. The molecular formula is C20H31N3O2S. The quantitative estimate of drug-likeness (QED) is 0.787. The number of amides is 3. The van der Waals surface area contributed by atoms with Crippen LogP contribution in [0.5, 0.6) is 0 Å². The molecule has 0 saturated carbocycles. The maximum absolute atomic E-state index is 12.7. The molecule has 1 N–H and O–H groups in total. The third kappa shape index (κ3) is 4.72. The van der Waals surface area contributed by atoms with Crippen LogP contribution in [0.3, 0.4) is 0 Å². The summed E-state index contributed by atoms with van der Waals surface area (Å²) in [5.41, 5.74) is 2.38. The third-order valence-electron chi connectivity index (χ3n) is 4.69. The largest absolute Gasteiger partial charge is 0.338 e. The summed E-state index contributed by atoms with van der Waals surface area (Å²) in [6, 6.07) is 8.26. The van der Waals surface area contributed by atoms with E-state index in [9.17, 15) is 9.59 Å². The van der Waals surface area contributed by atoms with Crippen LogP contribution in [0.25, 0.3) is 0 Å². The number of hydrogen-bond acceptors (Lipinski definition) is 3. The van der Waals surface area contributed by atoms with Gasteiger partial charge in [0, 0.05) is 25.7 Å². The van der Waals surface area contributed by atoms with E-state index < -0.39 is 0 Å². The number of nitrogens with zero attached hydrogens (tertiary/aromatic N) is 2. The van der Waals surface area contributed by atoms with Crippen molar-refractivity contribution < 1.29 is 9.59 Å². The average molecular weight is 378 g/mol. The van der Waals surface area contributed by atoms with Gasteiger partial charge in [0.2, 0.25) is 5.91 Å². The maximum atomic E-state index is 12.7. The predicted molar refractivity (Wildman–Crippen MR) is 108 cm³/mol. The summed E-state index contributed by atoms with van der Waals surface area (Å²) in [4.78, 5) is 28.9. The number of benzene rings is 1. The van der Waals surface area contributed by atoms with Crippen LogP contribution in [0.15, 0.2) is 24.3 Å². The lowest BCUT2D eigenvalue weighted by atomic mass is 10.1. The zero-order valence-electron chi connectivity index (χ0n) is 16.5. The molecular weight excluding hydrogens is 346 g/mol. The molecule has 1 heterocycles. The first-order valence-electron chi connectivity index (χ1n) is 9.42. The van der Waals surface area contributed by atoms with Gasteiger partial charge >= 0.3 is 6.03 Å². The Balaban J connectivity index is 2.12. The van der Waals surface area contributed by atoms with Gasteiger partial charge in [0.05, 0.1) is 5.25 Å². The van der Waals surface area contributed by atoms with E-state index in [1.54, 1.807) is 11.8 Å². The molecule has 0 unspecified atom stereocenters. The number of aryl methyl sites for hydroxylation is 1. The van der Waals surface area contributed by atoms with Gasteiger partial charge in [-0.2, -0.15) is 0 Å². The Morgan fingerprint density at radius 1 is 1.35 bits per heavy atom. The van der Waals surface area contributed by atoms with E-state index in [1.807, 2.05) is 49.6 Å². The smallest absolute Gasteiger partial charge is 0.317 e. The van der Waals surface area contributed by atoms with E-state index in [1.165, 1.54) is 11.1 Å². The second-order valence-corrected chi connectivity index (χ2v) is 8.46. The van der Waals surface area contributed by atoms with Crippen molar-refractivity contribution in [3.05, 3.63) is 35.4 Å². The lowest BCUT2D eigenvalue weighted by Crippen LogP contribution is -2.48. The highest BCUT2D eigenvalue weighted by atomic mass is 32.2. The van der Waals surface area contributed by atoms with Gasteiger partial charge in [0.15, 0.2) is 0 Å². The van der Waals surface area contributed by atoms with E-state index in [4.69, 9.17) is 0 Å². The molecule has 1 aliphatic rings. The molecule has 6 heteroatoms. The van der Waals surface area contributed by atoms with Gasteiger partial charge in [-0.15, -0.1) is 11.8 Å². The molecule has 1 fully saturated rings. The first-order valence-corrected chi connectivity index (χ1v) is 10.4. The van der Waals surface area contributed by atoms with E-state index in [2.05, 4.69) is 24.4 Å². The fourth-order valence-corrected chi connectivity index (χ4v) is 4.56. The van der Waals surface area contributed by atoms with Crippen LogP contribution in [-0.4, -0.2) is 52.7 Å². The van der Waals surface area contributed by atoms with Gasteiger partial charge in [-0.3, -0.25) is 4.79 Å². The van der Waals surface area contributed by atoms with Crippen molar-refractivity contribution in [1.29, 1.82) is 0 Å². The third-order valence-corrected chi connectivity index (χ3v) is 6.07. The number of rotatable bonds is 7. The topological polar surface area (TPSA) is 52.7 Å². The highest BCUT2D eigenvalue weighted by Crippen LogP contribution is 2.43. The van der Waals surface area contributed by atoms with Crippen molar-refractivity contribution in [2.75, 3.05) is 19.6 Å². The monoisotopic (exact) mass is 377 g/mol. The van der Waals surface area contributed by atoms with Crippen LogP contribution >= 0.6 is 11.8 Å². The van der Waals surface area contributed by atoms with Crippen LogP contribution in [0, 0.1) is 6.92 Å². The molecule has 0 aliphatic carbocycles. The van der Waals surface area contributed by atoms with Gasteiger partial charge in [-0.25, -0.2) is 4.79 Å². The Kier molecular flexibility index (Phi) is 7.38. The van der Waals surface area contributed by atoms with E-state index in [0.717, 1.165) is 6.42 Å². The number of nitrogens with one attached hydrogen (secondary N) is 1. The minimum atomic E-state index is -0.0546. The molecule has 26 heavy (non-hydrogen) atoms. The van der Waals surface area contributed by atoms with Gasteiger partial charge in [-0.05, 0) is 45.2 Å². The Hall–Kier alpha value is -1.69. The van der Waals surface area contributed by atoms with Crippen molar-refractivity contribution in [2.24, 2.45) is 0 Å². The van der Waals surface area contributed by atoms with Gasteiger partial charge < -0.3 is 15.1 Å². The molecule has 0 aromatic heterocycles. The van der Waals surface area contributed by atoms with Crippen LogP contribution in [0.1, 0.15) is 50.6 Å². The lowest BCUT2D eigenvalue weighted by Gasteiger charge is -2.31. The molecule has 0 bridgehead atoms. The van der Waals surface area contributed by atoms with E-state index in [-0.39, 0.29) is 28.6 Å². The summed E-state index contributed by atoms with van der Waals surface area (Å²) in [7, 11) is 0. The Bertz CT molecular complexity index is 635. The van der Waals surface area contributed by atoms with Crippen molar-refractivity contribution in [1.82, 2.24) is 15.1 Å². The van der Waals surface area contributed by atoms with Crippen molar-refractivity contribution in [3.8, 4) is 0 Å². The number of urea groups is 1. The fourth-order valence-electron chi connectivity index (χ4n) is 3.15. The van der Waals surface area contributed by atoms with Crippen LogP contribution in [0.2, 0.25) is 0 Å². The van der Waals surface area contributed by atoms with Gasteiger partial charge in [0.25, 0.3) is 0 Å². The first kappa shape index (κ1) is 20.6. The number of thioether (sulfide) groups is 1. The lowest BCUT2D eigenvalue weighted by molar-refractivity contribution is -0.130. The summed E-state index contributed by atoms with van der Waals surface area (Å²) in [5, 5.41) is 2.90. The maximum Gasteiger partial charge on any atom is 0.317 e. The van der Waals surface area contributed by atoms with Crippen molar-refractivity contribution in [2.45, 2.75) is 57.7 Å². The molecule has 0 radical (unpaired) electrons. The highest BCUT2D eigenvalue weighted by Gasteiger charge is 2.39. The standard InChI is InChI=1S/C20H31N3O2S/c1-6-11-21-20(25)22(14(2)3)12-13-23-18(24)16(5)26-19(23)17-10-8-7-9-15(17)4/h7-10,14,16,19H,6,11-13H2,1-5H3,(H,21,25)/t16-,19+/m0/s1. The van der Waals surface area contributed by atoms with E-state index >= 15 is 0 Å². The number of carbonyl (C=O) groups is 2. The van der Waals surface area contributed by atoms with Gasteiger partial charge in [-0.1, -0.05) is 31.2 Å². The van der Waals surface area contributed by atoms with E-state index in [0.29, 0.717) is 19.6 Å². The molecule has 0 spiro atoms. The van der Waals surface area contributed by atoms with Crippen molar-refractivity contribution >= 4 is 23.7 Å². The first-order chi connectivity index (χ1) is 12.4. The number of carbonyl (C=O) groups excluding carboxylic acids is 2. The molecule has 1 aromatic carbocycles. The zero-order valence-corrected chi connectivity index (χ0v) is 17.3. The molecule has 1 saturated heterocycles. The fraction of sp³-hybridized carbons (Fsp3) is 0.600. The molecule has 2 rings (SSSR count). The van der Waals surface area contributed by atoms with Crippen LogP contribution in [-0.2, 0) is 4.79 Å². The Labute approximate surface area is 161 Å². The Morgan fingerprint density at radius 3 is 2.65 bits per heavy atom. The molecule has 2 atom stereocenters. The Morgan fingerprint density at radius 2 is 2.04 bits per heavy atom. The van der Waals surface area contributed by atoms with Crippen molar-refractivity contribution in [3.63, 3.8) is 0 Å². The van der Waals surface area contributed by atoms with Crippen LogP contribution in [0.4, 0.5) is 4.79 Å². The van der Waals surface area contributed by atoms with Crippen LogP contribution < -0.4 is 5.32 Å². The normalized spacial score (nSPS) is 19.9. The zero-order chi connectivity index (χ0) is 19.3. The summed E-state index contributed by atoms with van der Waals surface area (Å²) >= 11 is 1.69. The summed E-state index contributed by atoms with van der Waals surface area (Å²) in [6.45, 7) is 11.9. The molecule has 1 aromatic rings. The average Bonchev–Trinajstić information content (AvgIpc) is 2.88. The minimum absolute atomic E-state index is 0.0198. The molecule has 5 nitrogen and oxygen atoms in total. The predicted octanol–water partition coefficient (Wildman–Crippen LogP) is 3.79. The second kappa shape index (κ2) is 9.31. The number of hydrogen-bond donors (Lipinski definition) is 1.